The third kappa shape index (κ3) is 2.19. The second-order valence-corrected chi connectivity index (χ2v) is 4.70. The summed E-state index contributed by atoms with van der Waals surface area (Å²) < 4.78 is 0. The van der Waals surface area contributed by atoms with Crippen molar-refractivity contribution in [3.05, 3.63) is 54.4 Å². The van der Waals surface area contributed by atoms with Crippen LogP contribution in [-0.2, 0) is 0 Å². The van der Waals surface area contributed by atoms with E-state index in [0.717, 1.165) is 17.6 Å². The van der Waals surface area contributed by atoms with Crippen molar-refractivity contribution in [3.8, 4) is 0 Å². The lowest BCUT2D eigenvalue weighted by molar-refractivity contribution is 0.642. The molecule has 1 aliphatic rings. The molecule has 1 aliphatic heterocycles. The van der Waals surface area contributed by atoms with Crippen molar-refractivity contribution in [2.24, 2.45) is 0 Å². The molecule has 2 heterocycles. The first kappa shape index (κ1) is 11.8. The van der Waals surface area contributed by atoms with Crippen LogP contribution in [0.25, 0.3) is 16.5 Å². The number of benzene rings is 1. The Labute approximate surface area is 113 Å². The maximum Gasteiger partial charge on any atom is 0.126 e. The summed E-state index contributed by atoms with van der Waals surface area (Å²) in [6.45, 7) is 0. The van der Waals surface area contributed by atoms with Gasteiger partial charge in [0.05, 0.1) is 0 Å². The average Bonchev–Trinajstić information content (AvgIpc) is 2.46. The number of anilines is 1. The third-order valence-corrected chi connectivity index (χ3v) is 3.43. The van der Waals surface area contributed by atoms with E-state index in [4.69, 9.17) is 0 Å². The first-order valence-electron chi connectivity index (χ1n) is 6.45. The van der Waals surface area contributed by atoms with Crippen molar-refractivity contribution in [2.75, 3.05) is 19.4 Å². The molecule has 0 fully saturated rings. The standard InChI is InChI=1S/C16H17N3/c1-17-16-10-14-9-12(6-7-13(14)11-18-16)15-5-3-4-8-19(15)2/h4-11H,3H2,1-2H3,(H,17,18). The molecule has 2 aromatic rings. The molecule has 0 aliphatic carbocycles. The predicted octanol–water partition coefficient (Wildman–Crippen LogP) is 3.47. The molecule has 1 aromatic carbocycles. The van der Waals surface area contributed by atoms with Crippen LogP contribution in [0.2, 0.25) is 0 Å². The summed E-state index contributed by atoms with van der Waals surface area (Å²) in [7, 11) is 3.97. The number of hydrogen-bond acceptors (Lipinski definition) is 3. The van der Waals surface area contributed by atoms with Gasteiger partial charge in [-0.3, -0.25) is 0 Å². The largest absolute Gasteiger partial charge is 0.373 e. The Bertz CT molecular complexity index is 671. The average molecular weight is 251 g/mol. The minimum absolute atomic E-state index is 0.899. The maximum atomic E-state index is 4.34. The van der Waals surface area contributed by atoms with E-state index in [1.807, 2.05) is 13.2 Å². The van der Waals surface area contributed by atoms with Crippen molar-refractivity contribution >= 4 is 22.3 Å². The number of aromatic nitrogens is 1. The number of fused-ring (bicyclic) bond motifs is 1. The molecular weight excluding hydrogens is 234 g/mol. The normalized spacial score (nSPS) is 14.6. The monoisotopic (exact) mass is 251 g/mol. The molecule has 0 atom stereocenters. The highest BCUT2D eigenvalue weighted by molar-refractivity contribution is 5.87. The van der Waals surface area contributed by atoms with Crippen molar-refractivity contribution in [3.63, 3.8) is 0 Å². The molecular formula is C16H17N3. The van der Waals surface area contributed by atoms with Gasteiger partial charge in [0, 0.05) is 37.6 Å². The van der Waals surface area contributed by atoms with Crippen molar-refractivity contribution < 1.29 is 0 Å². The van der Waals surface area contributed by atoms with Gasteiger partial charge in [0.25, 0.3) is 0 Å². The summed E-state index contributed by atoms with van der Waals surface area (Å²) in [5.41, 5.74) is 2.50. The summed E-state index contributed by atoms with van der Waals surface area (Å²) in [5, 5.41) is 5.45. The van der Waals surface area contributed by atoms with Crippen LogP contribution in [0.4, 0.5) is 5.82 Å². The second kappa shape index (κ2) is 4.76. The van der Waals surface area contributed by atoms with Gasteiger partial charge in [-0.1, -0.05) is 24.3 Å². The fraction of sp³-hybridized carbons (Fsp3) is 0.188. The van der Waals surface area contributed by atoms with Crippen LogP contribution in [0, 0.1) is 0 Å². The molecule has 19 heavy (non-hydrogen) atoms. The highest BCUT2D eigenvalue weighted by Gasteiger charge is 2.08. The minimum atomic E-state index is 0.899. The van der Waals surface area contributed by atoms with Gasteiger partial charge in [-0.25, -0.2) is 4.98 Å². The maximum absolute atomic E-state index is 4.34. The molecule has 0 amide bonds. The predicted molar refractivity (Wildman–Crippen MR) is 80.8 cm³/mol. The van der Waals surface area contributed by atoms with Crippen LogP contribution in [0.1, 0.15) is 12.0 Å². The number of rotatable bonds is 2. The van der Waals surface area contributed by atoms with Gasteiger partial charge in [0.15, 0.2) is 0 Å². The fourth-order valence-corrected chi connectivity index (χ4v) is 2.38. The van der Waals surface area contributed by atoms with Crippen LogP contribution in [-0.4, -0.2) is 24.0 Å². The van der Waals surface area contributed by atoms with E-state index >= 15 is 0 Å². The quantitative estimate of drug-likeness (QED) is 0.886. The van der Waals surface area contributed by atoms with Gasteiger partial charge >= 0.3 is 0 Å². The smallest absolute Gasteiger partial charge is 0.126 e. The zero-order valence-electron chi connectivity index (χ0n) is 11.2. The Kier molecular flexibility index (Phi) is 2.95. The lowest BCUT2D eigenvalue weighted by atomic mass is 10.0. The highest BCUT2D eigenvalue weighted by atomic mass is 15.1. The van der Waals surface area contributed by atoms with Crippen LogP contribution in [0.15, 0.2) is 48.8 Å². The first-order valence-corrected chi connectivity index (χ1v) is 6.45. The molecule has 0 saturated heterocycles. The Hall–Kier alpha value is -2.29. The Balaban J connectivity index is 2.07. The first-order chi connectivity index (χ1) is 9.28. The van der Waals surface area contributed by atoms with E-state index in [0.29, 0.717) is 0 Å². The Morgan fingerprint density at radius 2 is 2.11 bits per heavy atom. The molecule has 0 radical (unpaired) electrons. The number of hydrogen-bond donors (Lipinski definition) is 1. The van der Waals surface area contributed by atoms with Crippen LogP contribution in [0.5, 0.6) is 0 Å². The lowest BCUT2D eigenvalue weighted by Gasteiger charge is -2.22. The SMILES string of the molecule is CNc1cc2cc(C3=CCC=CN3C)ccc2cn1. The van der Waals surface area contributed by atoms with Crippen LogP contribution in [0.3, 0.4) is 0 Å². The Morgan fingerprint density at radius 1 is 1.21 bits per heavy atom. The summed E-state index contributed by atoms with van der Waals surface area (Å²) in [5.74, 6) is 0.899. The van der Waals surface area contributed by atoms with E-state index in [9.17, 15) is 0 Å². The zero-order valence-corrected chi connectivity index (χ0v) is 11.2. The fourth-order valence-electron chi connectivity index (χ4n) is 2.38. The minimum Gasteiger partial charge on any atom is -0.373 e. The van der Waals surface area contributed by atoms with E-state index < -0.39 is 0 Å². The molecule has 0 unspecified atom stereocenters. The summed E-state index contributed by atoms with van der Waals surface area (Å²) in [4.78, 5) is 6.49. The van der Waals surface area contributed by atoms with Crippen LogP contribution < -0.4 is 5.32 Å². The Morgan fingerprint density at radius 3 is 2.89 bits per heavy atom. The molecule has 1 aromatic heterocycles. The van der Waals surface area contributed by atoms with Gasteiger partial charge in [-0.15, -0.1) is 0 Å². The molecule has 96 valence electrons. The summed E-state index contributed by atoms with van der Waals surface area (Å²) in [6, 6.07) is 8.59. The van der Waals surface area contributed by atoms with Gasteiger partial charge in [-0.2, -0.15) is 0 Å². The number of nitrogens with one attached hydrogen (secondary N) is 1. The van der Waals surface area contributed by atoms with E-state index in [2.05, 4.69) is 64.9 Å². The third-order valence-electron chi connectivity index (χ3n) is 3.43. The topological polar surface area (TPSA) is 28.2 Å². The molecule has 3 rings (SSSR count). The second-order valence-electron chi connectivity index (χ2n) is 4.70. The molecule has 0 spiro atoms. The van der Waals surface area contributed by atoms with E-state index in [1.54, 1.807) is 0 Å². The van der Waals surface area contributed by atoms with Crippen LogP contribution >= 0.6 is 0 Å². The summed E-state index contributed by atoms with van der Waals surface area (Å²) >= 11 is 0. The zero-order chi connectivity index (χ0) is 13.2. The van der Waals surface area contributed by atoms with E-state index in [1.165, 1.54) is 16.6 Å². The number of allylic oxidation sites excluding steroid dienone is 2. The number of pyridine rings is 1. The molecule has 3 heteroatoms. The van der Waals surface area contributed by atoms with Gasteiger partial charge in [0.2, 0.25) is 0 Å². The molecule has 0 saturated carbocycles. The molecule has 0 bridgehead atoms. The molecule has 3 nitrogen and oxygen atoms in total. The van der Waals surface area contributed by atoms with Crippen molar-refractivity contribution in [1.82, 2.24) is 9.88 Å². The van der Waals surface area contributed by atoms with Gasteiger partial charge < -0.3 is 10.2 Å². The van der Waals surface area contributed by atoms with E-state index in [-0.39, 0.29) is 0 Å². The highest BCUT2D eigenvalue weighted by Crippen LogP contribution is 2.26. The lowest BCUT2D eigenvalue weighted by Crippen LogP contribution is -2.11. The molecule has 1 N–H and O–H groups in total. The van der Waals surface area contributed by atoms with Crippen molar-refractivity contribution in [2.45, 2.75) is 6.42 Å². The number of nitrogens with zero attached hydrogens (tertiary/aromatic N) is 2. The van der Waals surface area contributed by atoms with Crippen molar-refractivity contribution in [1.29, 1.82) is 0 Å². The summed E-state index contributed by atoms with van der Waals surface area (Å²) in [6.07, 6.45) is 9.43. The van der Waals surface area contributed by atoms with Gasteiger partial charge in [0.1, 0.15) is 5.82 Å². The van der Waals surface area contributed by atoms with Gasteiger partial charge in [-0.05, 0) is 29.5 Å².